The maximum atomic E-state index is 6.16. The van der Waals surface area contributed by atoms with Gasteiger partial charge in [-0.15, -0.1) is 0 Å². The lowest BCUT2D eigenvalue weighted by Crippen LogP contribution is -2.04. The van der Waals surface area contributed by atoms with Gasteiger partial charge in [-0.2, -0.15) is 0 Å². The van der Waals surface area contributed by atoms with E-state index < -0.39 is 0 Å². The first kappa shape index (κ1) is 18.1. The molecule has 0 heterocycles. The van der Waals surface area contributed by atoms with Gasteiger partial charge in [-0.1, -0.05) is 47.5 Å². The first-order valence-corrected chi connectivity index (χ1v) is 9.31. The highest BCUT2D eigenvalue weighted by Crippen LogP contribution is 2.27. The van der Waals surface area contributed by atoms with Crippen LogP contribution >= 0.6 is 39.1 Å². The van der Waals surface area contributed by atoms with Gasteiger partial charge in [-0.3, -0.25) is 0 Å². The molecule has 5 heteroatoms. The van der Waals surface area contributed by atoms with Crippen LogP contribution in [0.15, 0.2) is 71.2 Å². The van der Waals surface area contributed by atoms with Crippen molar-refractivity contribution in [3.05, 3.63) is 92.4 Å². The molecule has 3 rings (SSSR count). The molecule has 128 valence electrons. The van der Waals surface area contributed by atoms with E-state index in [1.807, 2.05) is 66.7 Å². The number of para-hydroxylation sites is 1. The van der Waals surface area contributed by atoms with E-state index in [0.29, 0.717) is 23.2 Å². The van der Waals surface area contributed by atoms with Gasteiger partial charge in [0, 0.05) is 32.3 Å². The lowest BCUT2D eigenvalue weighted by molar-refractivity contribution is 0.303. The summed E-state index contributed by atoms with van der Waals surface area (Å²) in [6.45, 7) is 1.08. The Balaban J connectivity index is 1.71. The summed E-state index contributed by atoms with van der Waals surface area (Å²) in [5.41, 5.74) is 3.08. The summed E-state index contributed by atoms with van der Waals surface area (Å²) in [6, 6.07) is 21.3. The first-order chi connectivity index (χ1) is 12.1. The Morgan fingerprint density at radius 3 is 2.36 bits per heavy atom. The highest BCUT2D eigenvalue weighted by Gasteiger charge is 2.07. The Kier molecular flexibility index (Phi) is 6.24. The van der Waals surface area contributed by atoms with Crippen molar-refractivity contribution in [3.8, 4) is 5.75 Å². The molecule has 3 aromatic carbocycles. The van der Waals surface area contributed by atoms with Gasteiger partial charge in [0.25, 0.3) is 0 Å². The quantitative estimate of drug-likeness (QED) is 0.451. The van der Waals surface area contributed by atoms with Crippen LogP contribution in [0.2, 0.25) is 10.0 Å². The Bertz CT molecular complexity index is 853. The molecule has 25 heavy (non-hydrogen) atoms. The summed E-state index contributed by atoms with van der Waals surface area (Å²) in [5, 5.41) is 4.80. The maximum Gasteiger partial charge on any atom is 0.124 e. The molecule has 0 spiro atoms. The molecular formula is C20H16BrCl2NO. The zero-order chi connectivity index (χ0) is 17.6. The van der Waals surface area contributed by atoms with Gasteiger partial charge in [-0.05, 0) is 64.0 Å². The van der Waals surface area contributed by atoms with Crippen molar-refractivity contribution in [3.63, 3.8) is 0 Å². The van der Waals surface area contributed by atoms with Crippen LogP contribution in [0.1, 0.15) is 11.1 Å². The van der Waals surface area contributed by atoms with Crippen molar-refractivity contribution in [2.45, 2.75) is 13.2 Å². The number of halogens is 3. The van der Waals surface area contributed by atoms with Crippen LogP contribution in [0.5, 0.6) is 5.75 Å². The average molecular weight is 437 g/mol. The minimum absolute atomic E-state index is 0.473. The van der Waals surface area contributed by atoms with E-state index in [2.05, 4.69) is 21.2 Å². The van der Waals surface area contributed by atoms with Gasteiger partial charge in [0.1, 0.15) is 12.4 Å². The van der Waals surface area contributed by atoms with Crippen LogP contribution in [0.25, 0.3) is 0 Å². The molecule has 1 N–H and O–H groups in total. The second-order valence-corrected chi connectivity index (χ2v) is 7.23. The van der Waals surface area contributed by atoms with Crippen LogP contribution in [0.3, 0.4) is 0 Å². The summed E-state index contributed by atoms with van der Waals surface area (Å²) in [5.74, 6) is 0.805. The topological polar surface area (TPSA) is 21.3 Å². The predicted octanol–water partition coefficient (Wildman–Crippen LogP) is 6.95. The molecule has 0 amide bonds. The van der Waals surface area contributed by atoms with Crippen LogP contribution < -0.4 is 10.1 Å². The Morgan fingerprint density at radius 1 is 0.880 bits per heavy atom. The lowest BCUT2D eigenvalue weighted by Gasteiger charge is -2.14. The minimum Gasteiger partial charge on any atom is -0.489 e. The molecular weight excluding hydrogens is 421 g/mol. The summed E-state index contributed by atoms with van der Waals surface area (Å²) < 4.78 is 7.00. The molecule has 0 aromatic heterocycles. The van der Waals surface area contributed by atoms with Gasteiger partial charge in [0.15, 0.2) is 0 Å². The molecule has 0 fully saturated rings. The van der Waals surface area contributed by atoms with Crippen molar-refractivity contribution in [1.29, 1.82) is 0 Å². The van der Waals surface area contributed by atoms with Crippen molar-refractivity contribution < 1.29 is 4.74 Å². The number of ether oxygens (including phenoxy) is 1. The molecule has 0 saturated heterocycles. The number of hydrogen-bond donors (Lipinski definition) is 1. The molecule has 0 radical (unpaired) electrons. The van der Waals surface area contributed by atoms with Crippen molar-refractivity contribution in [1.82, 2.24) is 0 Å². The number of rotatable bonds is 6. The molecule has 0 unspecified atom stereocenters. The molecule has 0 aliphatic heterocycles. The number of nitrogens with one attached hydrogen (secondary N) is 1. The molecule has 0 atom stereocenters. The highest BCUT2D eigenvalue weighted by molar-refractivity contribution is 9.10. The summed E-state index contributed by atoms with van der Waals surface area (Å²) in [6.07, 6.45) is 0. The maximum absolute atomic E-state index is 6.16. The fourth-order valence-electron chi connectivity index (χ4n) is 2.36. The number of benzene rings is 3. The summed E-state index contributed by atoms with van der Waals surface area (Å²) >= 11 is 15.6. The van der Waals surface area contributed by atoms with E-state index in [9.17, 15) is 0 Å². The van der Waals surface area contributed by atoms with Crippen LogP contribution in [0, 0.1) is 0 Å². The summed E-state index contributed by atoms with van der Waals surface area (Å²) in [7, 11) is 0. The molecule has 0 aliphatic rings. The standard InChI is InChI=1S/C20H16BrCl2NO/c21-18-3-1-2-4-19(18)24-12-15-11-17(23)9-10-20(15)25-13-14-5-7-16(22)8-6-14/h1-11,24H,12-13H2. The van der Waals surface area contributed by atoms with Gasteiger partial charge >= 0.3 is 0 Å². The van der Waals surface area contributed by atoms with Gasteiger partial charge in [0.2, 0.25) is 0 Å². The highest BCUT2D eigenvalue weighted by atomic mass is 79.9. The number of anilines is 1. The second kappa shape index (κ2) is 8.61. The SMILES string of the molecule is Clc1ccc(COc2ccc(Cl)cc2CNc2ccccc2Br)cc1. The second-order valence-electron chi connectivity index (χ2n) is 5.50. The van der Waals surface area contributed by atoms with E-state index in [4.69, 9.17) is 27.9 Å². The molecule has 3 aromatic rings. The molecule has 0 saturated carbocycles. The third-order valence-corrected chi connectivity index (χ3v) is 4.85. The van der Waals surface area contributed by atoms with E-state index in [0.717, 1.165) is 27.0 Å². The Labute approximate surface area is 165 Å². The van der Waals surface area contributed by atoms with E-state index in [1.54, 1.807) is 0 Å². The monoisotopic (exact) mass is 435 g/mol. The smallest absolute Gasteiger partial charge is 0.124 e. The fourth-order valence-corrected chi connectivity index (χ4v) is 3.11. The minimum atomic E-state index is 0.473. The average Bonchev–Trinajstić information content (AvgIpc) is 2.61. The van der Waals surface area contributed by atoms with Crippen molar-refractivity contribution >= 4 is 44.8 Å². The van der Waals surface area contributed by atoms with Crippen LogP contribution in [-0.2, 0) is 13.2 Å². The molecule has 0 bridgehead atoms. The Morgan fingerprint density at radius 2 is 1.60 bits per heavy atom. The van der Waals surface area contributed by atoms with Gasteiger partial charge < -0.3 is 10.1 Å². The van der Waals surface area contributed by atoms with Gasteiger partial charge in [0.05, 0.1) is 0 Å². The lowest BCUT2D eigenvalue weighted by atomic mass is 10.2. The summed E-state index contributed by atoms with van der Waals surface area (Å²) in [4.78, 5) is 0. The molecule has 0 aliphatic carbocycles. The zero-order valence-corrected chi connectivity index (χ0v) is 16.4. The normalized spacial score (nSPS) is 10.5. The third-order valence-electron chi connectivity index (χ3n) is 3.67. The van der Waals surface area contributed by atoms with Gasteiger partial charge in [-0.25, -0.2) is 0 Å². The van der Waals surface area contributed by atoms with Crippen molar-refractivity contribution in [2.24, 2.45) is 0 Å². The van der Waals surface area contributed by atoms with E-state index in [1.165, 1.54) is 0 Å². The third kappa shape index (κ3) is 5.15. The zero-order valence-electron chi connectivity index (χ0n) is 13.3. The van der Waals surface area contributed by atoms with Crippen LogP contribution in [0.4, 0.5) is 5.69 Å². The Hall–Kier alpha value is -1.68. The molecule has 2 nitrogen and oxygen atoms in total. The largest absolute Gasteiger partial charge is 0.489 e. The van der Waals surface area contributed by atoms with E-state index >= 15 is 0 Å². The fraction of sp³-hybridized carbons (Fsp3) is 0.100. The van der Waals surface area contributed by atoms with E-state index in [-0.39, 0.29) is 0 Å². The predicted molar refractivity (Wildman–Crippen MR) is 109 cm³/mol. The first-order valence-electron chi connectivity index (χ1n) is 7.76. The number of hydrogen-bond acceptors (Lipinski definition) is 2. The van der Waals surface area contributed by atoms with Crippen LogP contribution in [-0.4, -0.2) is 0 Å². The van der Waals surface area contributed by atoms with Crippen molar-refractivity contribution in [2.75, 3.05) is 5.32 Å².